The number of nitrogens with zero attached hydrogens (tertiary/aromatic N) is 2. The third-order valence-electron chi connectivity index (χ3n) is 7.52. The van der Waals surface area contributed by atoms with Crippen LogP contribution in [0.15, 0.2) is 48.5 Å². The molecule has 0 spiro atoms. The van der Waals surface area contributed by atoms with E-state index in [2.05, 4.69) is 70.9 Å². The van der Waals surface area contributed by atoms with Crippen LogP contribution in [0.5, 0.6) is 0 Å². The van der Waals surface area contributed by atoms with Gasteiger partial charge in [-0.3, -0.25) is 9.80 Å². The average molecular weight is 595 g/mol. The molecule has 2 aromatic carbocycles. The lowest BCUT2D eigenvalue weighted by Gasteiger charge is -2.22. The Balaban J connectivity index is 1.87. The van der Waals surface area contributed by atoms with Crippen LogP contribution in [0.2, 0.25) is 0 Å². The highest BCUT2D eigenvalue weighted by Gasteiger charge is 2.10. The van der Waals surface area contributed by atoms with Crippen LogP contribution in [-0.4, -0.2) is 61.4 Å². The van der Waals surface area contributed by atoms with Gasteiger partial charge in [-0.05, 0) is 93.7 Å². The van der Waals surface area contributed by atoms with Crippen LogP contribution >= 0.6 is 0 Å². The lowest BCUT2D eigenvalue weighted by molar-refractivity contribution is 0.224. The number of hydrogen-bond acceptors (Lipinski definition) is 4. The van der Waals surface area contributed by atoms with E-state index < -0.39 is 0 Å². The summed E-state index contributed by atoms with van der Waals surface area (Å²) >= 11 is 0. The van der Waals surface area contributed by atoms with Crippen molar-refractivity contribution in [3.05, 3.63) is 59.7 Å². The molecule has 0 aliphatic rings. The highest BCUT2D eigenvalue weighted by molar-refractivity contribution is 5.89. The molecule has 0 saturated heterocycles. The zero-order valence-corrected chi connectivity index (χ0v) is 27.4. The van der Waals surface area contributed by atoms with Gasteiger partial charge >= 0.3 is 12.1 Å². The van der Waals surface area contributed by atoms with E-state index in [0.717, 1.165) is 87.2 Å². The molecule has 4 amide bonds. The Bertz CT molecular complexity index is 965. The quantitative estimate of drug-likeness (QED) is 0.0821. The molecular formula is C35H58N6O2. The Morgan fingerprint density at radius 1 is 0.558 bits per heavy atom. The van der Waals surface area contributed by atoms with Crippen molar-refractivity contribution in [1.82, 2.24) is 20.4 Å². The van der Waals surface area contributed by atoms with Gasteiger partial charge in [0.25, 0.3) is 0 Å². The third kappa shape index (κ3) is 16.4. The monoisotopic (exact) mass is 594 g/mol. The summed E-state index contributed by atoms with van der Waals surface area (Å²) in [5.41, 5.74) is 3.70. The number of nitrogens with one attached hydrogen (secondary N) is 4. The summed E-state index contributed by atoms with van der Waals surface area (Å²) in [4.78, 5) is 30.0. The summed E-state index contributed by atoms with van der Waals surface area (Å²) in [6, 6.07) is 15.5. The normalized spacial score (nSPS) is 11.1. The molecule has 0 aliphatic carbocycles. The van der Waals surface area contributed by atoms with Gasteiger partial charge in [-0.2, -0.15) is 0 Å². The van der Waals surface area contributed by atoms with E-state index in [1.54, 1.807) is 0 Å². The lowest BCUT2D eigenvalue weighted by atomic mass is 10.0. The number of unbranched alkanes of at least 4 members (excludes halogenated alkanes) is 6. The van der Waals surface area contributed by atoms with Gasteiger partial charge in [0, 0.05) is 11.4 Å². The van der Waals surface area contributed by atoms with Crippen molar-refractivity contribution in [1.29, 1.82) is 0 Å². The van der Waals surface area contributed by atoms with E-state index in [9.17, 15) is 9.59 Å². The molecule has 0 aromatic heterocycles. The van der Waals surface area contributed by atoms with Crippen LogP contribution in [-0.2, 0) is 6.42 Å². The number of carbonyl (C=O) groups is 2. The van der Waals surface area contributed by atoms with Gasteiger partial charge in [0.2, 0.25) is 0 Å². The van der Waals surface area contributed by atoms with Crippen molar-refractivity contribution >= 4 is 23.4 Å². The minimum Gasteiger partial charge on any atom is -0.325 e. The molecule has 240 valence electrons. The fraction of sp³-hybridized carbons (Fsp3) is 0.600. The first kappa shape index (κ1) is 36.1. The molecule has 2 aromatic rings. The van der Waals surface area contributed by atoms with E-state index in [0.29, 0.717) is 19.8 Å². The topological polar surface area (TPSA) is 88.7 Å². The number of rotatable bonds is 22. The van der Waals surface area contributed by atoms with Crippen LogP contribution in [0.4, 0.5) is 21.0 Å². The van der Waals surface area contributed by atoms with E-state index in [4.69, 9.17) is 0 Å². The second-order valence-corrected chi connectivity index (χ2v) is 11.5. The van der Waals surface area contributed by atoms with Gasteiger partial charge < -0.3 is 21.3 Å². The van der Waals surface area contributed by atoms with Crippen molar-refractivity contribution < 1.29 is 9.59 Å². The van der Waals surface area contributed by atoms with Gasteiger partial charge in [-0.25, -0.2) is 9.59 Å². The molecule has 0 unspecified atom stereocenters. The van der Waals surface area contributed by atoms with Gasteiger partial charge in [-0.15, -0.1) is 0 Å². The first-order chi connectivity index (χ1) is 21.0. The zero-order chi connectivity index (χ0) is 31.1. The molecule has 0 heterocycles. The molecule has 43 heavy (non-hydrogen) atoms. The van der Waals surface area contributed by atoms with Crippen LogP contribution in [0, 0.1) is 0 Å². The smallest absolute Gasteiger partial charge is 0.320 e. The number of anilines is 2. The lowest BCUT2D eigenvalue weighted by Crippen LogP contribution is -2.40. The Morgan fingerprint density at radius 3 is 1.35 bits per heavy atom. The predicted molar refractivity (Wildman–Crippen MR) is 182 cm³/mol. The fourth-order valence-corrected chi connectivity index (χ4v) is 4.95. The SMILES string of the molecule is CCCCCN(CCCC)CNC(=O)Nc1cccc(Cc2cccc(NC(=O)NCN(CCCC)CCCCC)c2)c1. The standard InChI is InChI=1S/C35H58N6O2/c1-5-9-13-23-40(21-11-7-3)28-36-34(42)38-32-19-15-17-30(26-32)25-31-18-16-20-33(27-31)39-35(43)37-29-41(22-12-8-4)24-14-10-6-2/h15-20,26-27H,5-14,21-25,28-29H2,1-4H3,(H2,36,38,42)(H2,37,39,43). The molecular weight excluding hydrogens is 536 g/mol. The summed E-state index contributed by atoms with van der Waals surface area (Å²) in [5.74, 6) is 0. The molecule has 0 radical (unpaired) electrons. The van der Waals surface area contributed by atoms with Gasteiger partial charge in [0.1, 0.15) is 0 Å². The molecule has 0 bridgehead atoms. The number of amides is 4. The van der Waals surface area contributed by atoms with Crippen molar-refractivity contribution in [2.24, 2.45) is 0 Å². The maximum Gasteiger partial charge on any atom is 0.320 e. The second-order valence-electron chi connectivity index (χ2n) is 11.5. The van der Waals surface area contributed by atoms with Gasteiger partial charge in [0.05, 0.1) is 13.3 Å². The van der Waals surface area contributed by atoms with Crippen molar-refractivity contribution in [3.63, 3.8) is 0 Å². The third-order valence-corrected chi connectivity index (χ3v) is 7.52. The summed E-state index contributed by atoms with van der Waals surface area (Å²) in [7, 11) is 0. The van der Waals surface area contributed by atoms with Gasteiger partial charge in [0.15, 0.2) is 0 Å². The van der Waals surface area contributed by atoms with Gasteiger partial charge in [-0.1, -0.05) is 90.5 Å². The summed E-state index contributed by atoms with van der Waals surface area (Å²) in [5, 5.41) is 12.0. The van der Waals surface area contributed by atoms with Crippen LogP contribution in [0.25, 0.3) is 0 Å². The molecule has 8 nitrogen and oxygen atoms in total. The van der Waals surface area contributed by atoms with E-state index in [-0.39, 0.29) is 12.1 Å². The van der Waals surface area contributed by atoms with E-state index >= 15 is 0 Å². The average Bonchev–Trinajstić information content (AvgIpc) is 3.00. The first-order valence-electron chi connectivity index (χ1n) is 16.7. The van der Waals surface area contributed by atoms with Crippen molar-refractivity contribution in [2.45, 2.75) is 98.3 Å². The molecule has 0 aliphatic heterocycles. The Morgan fingerprint density at radius 2 is 0.953 bits per heavy atom. The fourth-order valence-electron chi connectivity index (χ4n) is 4.95. The number of carbonyl (C=O) groups excluding carboxylic acids is 2. The maximum absolute atomic E-state index is 12.7. The summed E-state index contributed by atoms with van der Waals surface area (Å²) in [6.45, 7) is 13.9. The second kappa shape index (κ2) is 22.4. The molecule has 8 heteroatoms. The molecule has 0 fully saturated rings. The van der Waals surface area contributed by atoms with Crippen LogP contribution in [0.3, 0.4) is 0 Å². The molecule has 4 N–H and O–H groups in total. The number of urea groups is 2. The first-order valence-corrected chi connectivity index (χ1v) is 16.7. The minimum atomic E-state index is -0.190. The Labute approximate surface area is 261 Å². The predicted octanol–water partition coefficient (Wildman–Crippen LogP) is 8.02. The van der Waals surface area contributed by atoms with E-state index in [1.807, 2.05) is 36.4 Å². The minimum absolute atomic E-state index is 0.190. The van der Waals surface area contributed by atoms with E-state index in [1.165, 1.54) is 25.7 Å². The molecule has 2 rings (SSSR count). The summed E-state index contributed by atoms with van der Waals surface area (Å²) < 4.78 is 0. The number of hydrogen-bond donors (Lipinski definition) is 4. The van der Waals surface area contributed by atoms with Crippen LogP contribution < -0.4 is 21.3 Å². The van der Waals surface area contributed by atoms with Crippen LogP contribution in [0.1, 0.15) is 103 Å². The largest absolute Gasteiger partial charge is 0.325 e. The Hall–Kier alpha value is -3.10. The zero-order valence-electron chi connectivity index (χ0n) is 27.4. The summed E-state index contributed by atoms with van der Waals surface area (Å²) in [6.07, 6.45) is 12.4. The van der Waals surface area contributed by atoms with Crippen molar-refractivity contribution in [2.75, 3.05) is 50.1 Å². The number of benzene rings is 2. The van der Waals surface area contributed by atoms with Crippen molar-refractivity contribution in [3.8, 4) is 0 Å². The highest BCUT2D eigenvalue weighted by Crippen LogP contribution is 2.18. The molecule has 0 atom stereocenters. The maximum atomic E-state index is 12.7. The Kier molecular flexibility index (Phi) is 18.8. The highest BCUT2D eigenvalue weighted by atomic mass is 16.2. The molecule has 0 saturated carbocycles.